The molecule has 1 aromatic rings. The molecule has 0 bridgehead atoms. The Bertz CT molecular complexity index is 499. The number of nitrogens with one attached hydrogen (secondary N) is 1. The van der Waals surface area contributed by atoms with Crippen molar-refractivity contribution in [1.82, 2.24) is 14.8 Å². The van der Waals surface area contributed by atoms with Gasteiger partial charge >= 0.3 is 11.1 Å². The highest BCUT2D eigenvalue weighted by atomic mass is 32.2. The fourth-order valence-corrected chi connectivity index (χ4v) is 2.48. The van der Waals surface area contributed by atoms with E-state index in [2.05, 4.69) is 10.1 Å². The number of aromatic nitrogens is 3. The Morgan fingerprint density at radius 2 is 2.22 bits per heavy atom. The minimum atomic E-state index is -0.837. The molecule has 0 amide bonds. The highest BCUT2D eigenvalue weighted by Crippen LogP contribution is 2.22. The van der Waals surface area contributed by atoms with Crippen molar-refractivity contribution < 1.29 is 5.11 Å². The third-order valence-electron chi connectivity index (χ3n) is 2.48. The molecule has 0 aliphatic heterocycles. The van der Waals surface area contributed by atoms with Gasteiger partial charge in [-0.05, 0) is 6.42 Å². The summed E-state index contributed by atoms with van der Waals surface area (Å²) >= 11 is 1.19. The predicted molar refractivity (Wildman–Crippen MR) is 69.7 cm³/mol. The number of aliphatic hydroxyl groups excluding tert-OH is 1. The lowest BCUT2D eigenvalue weighted by Crippen LogP contribution is -2.37. The van der Waals surface area contributed by atoms with E-state index in [1.54, 1.807) is 7.05 Å². The maximum Gasteiger partial charge on any atom is 0.339 e. The number of rotatable bonds is 6. The summed E-state index contributed by atoms with van der Waals surface area (Å²) < 4.78 is 1.36. The first-order chi connectivity index (χ1) is 8.49. The molecule has 18 heavy (non-hydrogen) atoms. The Balaban J connectivity index is 2.91. The summed E-state index contributed by atoms with van der Waals surface area (Å²) in [4.78, 5) is 25.9. The molecule has 0 aliphatic rings. The van der Waals surface area contributed by atoms with Crippen LogP contribution in [-0.4, -0.2) is 37.8 Å². The summed E-state index contributed by atoms with van der Waals surface area (Å²) in [6.45, 7) is 1.90. The minimum absolute atomic E-state index is 0.110. The van der Waals surface area contributed by atoms with Gasteiger partial charge in [0.1, 0.15) is 0 Å². The van der Waals surface area contributed by atoms with E-state index in [-0.39, 0.29) is 17.9 Å². The number of hydrogen-bond donors (Lipinski definition) is 3. The molecule has 0 aliphatic carbocycles. The second-order valence-electron chi connectivity index (χ2n) is 3.99. The average molecular weight is 274 g/mol. The maximum atomic E-state index is 11.2. The molecule has 1 rings (SSSR count). The van der Waals surface area contributed by atoms with Gasteiger partial charge in [-0.1, -0.05) is 25.1 Å². The molecule has 102 valence electrons. The SMILES string of the molecule is CCCC(N)C(CO)Sc1nc(=O)c(=O)[nH]n1C. The van der Waals surface area contributed by atoms with Crippen molar-refractivity contribution in [2.24, 2.45) is 12.8 Å². The number of aryl methyl sites for hydroxylation is 1. The fraction of sp³-hybridized carbons (Fsp3) is 0.700. The zero-order valence-electron chi connectivity index (χ0n) is 10.4. The van der Waals surface area contributed by atoms with Crippen LogP contribution < -0.4 is 16.9 Å². The lowest BCUT2D eigenvalue weighted by atomic mass is 10.1. The van der Waals surface area contributed by atoms with Crippen LogP contribution in [0.2, 0.25) is 0 Å². The van der Waals surface area contributed by atoms with Crippen molar-refractivity contribution in [2.75, 3.05) is 6.61 Å². The fourth-order valence-electron chi connectivity index (χ4n) is 1.48. The second-order valence-corrected chi connectivity index (χ2v) is 5.20. The first-order valence-corrected chi connectivity index (χ1v) is 6.58. The molecule has 0 spiro atoms. The van der Waals surface area contributed by atoms with Gasteiger partial charge in [0.2, 0.25) is 0 Å². The summed E-state index contributed by atoms with van der Waals surface area (Å²) in [6, 6.07) is -0.186. The Morgan fingerprint density at radius 1 is 1.56 bits per heavy atom. The van der Waals surface area contributed by atoms with Gasteiger partial charge in [-0.3, -0.25) is 19.4 Å². The second kappa shape index (κ2) is 6.72. The quantitative estimate of drug-likeness (QED) is 0.455. The zero-order valence-corrected chi connectivity index (χ0v) is 11.2. The summed E-state index contributed by atoms with van der Waals surface area (Å²) in [7, 11) is 1.58. The number of nitrogens with zero attached hydrogens (tertiary/aromatic N) is 2. The van der Waals surface area contributed by atoms with Gasteiger partial charge in [0.15, 0.2) is 5.16 Å². The van der Waals surface area contributed by atoms with E-state index in [4.69, 9.17) is 5.73 Å². The Kier molecular flexibility index (Phi) is 5.57. The smallest absolute Gasteiger partial charge is 0.339 e. The van der Waals surface area contributed by atoms with E-state index in [0.717, 1.165) is 12.8 Å². The molecular formula is C10H18N4O3S. The van der Waals surface area contributed by atoms with Crippen LogP contribution in [0.5, 0.6) is 0 Å². The van der Waals surface area contributed by atoms with Crippen LogP contribution in [0, 0.1) is 0 Å². The van der Waals surface area contributed by atoms with Gasteiger partial charge in [-0.25, -0.2) is 0 Å². The van der Waals surface area contributed by atoms with Gasteiger partial charge in [0, 0.05) is 13.1 Å². The van der Waals surface area contributed by atoms with Crippen LogP contribution in [0.15, 0.2) is 14.7 Å². The van der Waals surface area contributed by atoms with E-state index in [1.165, 1.54) is 16.4 Å². The van der Waals surface area contributed by atoms with Gasteiger partial charge in [-0.2, -0.15) is 4.98 Å². The highest BCUT2D eigenvalue weighted by Gasteiger charge is 2.20. The Labute approximate surface area is 108 Å². The molecule has 1 aromatic heterocycles. The number of hydrogen-bond acceptors (Lipinski definition) is 6. The molecule has 2 atom stereocenters. The Hall–Kier alpha value is -1.12. The standard InChI is InChI=1S/C10H18N4O3S/c1-3-4-6(11)7(5-15)18-10-12-8(16)9(17)13-14(10)2/h6-7,15H,3-5,11H2,1-2H3,(H,13,17). The zero-order chi connectivity index (χ0) is 13.7. The number of aliphatic hydroxyl groups is 1. The number of nitrogens with two attached hydrogens (primary N) is 1. The molecule has 0 radical (unpaired) electrons. The van der Waals surface area contributed by atoms with Crippen LogP contribution in [0.3, 0.4) is 0 Å². The summed E-state index contributed by atoms with van der Waals surface area (Å²) in [5.74, 6) is 0. The van der Waals surface area contributed by atoms with Crippen molar-refractivity contribution in [2.45, 2.75) is 36.2 Å². The highest BCUT2D eigenvalue weighted by molar-refractivity contribution is 7.99. The minimum Gasteiger partial charge on any atom is -0.395 e. The van der Waals surface area contributed by atoms with Crippen LogP contribution in [0.4, 0.5) is 0 Å². The number of aromatic amines is 1. The molecule has 8 heteroatoms. The van der Waals surface area contributed by atoms with Crippen molar-refractivity contribution in [3.05, 3.63) is 20.7 Å². The molecule has 0 saturated carbocycles. The number of thioether (sulfide) groups is 1. The molecule has 0 aromatic carbocycles. The monoisotopic (exact) mass is 274 g/mol. The van der Waals surface area contributed by atoms with Crippen molar-refractivity contribution in [1.29, 1.82) is 0 Å². The van der Waals surface area contributed by atoms with Gasteiger partial charge in [-0.15, -0.1) is 0 Å². The van der Waals surface area contributed by atoms with E-state index >= 15 is 0 Å². The van der Waals surface area contributed by atoms with Crippen LogP contribution in [0.25, 0.3) is 0 Å². The van der Waals surface area contributed by atoms with E-state index in [0.29, 0.717) is 5.16 Å². The van der Waals surface area contributed by atoms with E-state index in [9.17, 15) is 14.7 Å². The van der Waals surface area contributed by atoms with Gasteiger partial charge < -0.3 is 10.8 Å². The summed E-state index contributed by atoms with van der Waals surface area (Å²) in [5, 5.41) is 11.7. The summed E-state index contributed by atoms with van der Waals surface area (Å²) in [5.41, 5.74) is 4.34. The third kappa shape index (κ3) is 3.69. The van der Waals surface area contributed by atoms with Crippen molar-refractivity contribution >= 4 is 11.8 Å². The van der Waals surface area contributed by atoms with E-state index < -0.39 is 11.1 Å². The predicted octanol–water partition coefficient (Wildman–Crippen LogP) is -0.951. The lowest BCUT2D eigenvalue weighted by Gasteiger charge is -2.20. The van der Waals surface area contributed by atoms with Crippen LogP contribution in [-0.2, 0) is 7.05 Å². The molecule has 1 heterocycles. The van der Waals surface area contributed by atoms with Crippen LogP contribution >= 0.6 is 11.8 Å². The summed E-state index contributed by atoms with van der Waals surface area (Å²) in [6.07, 6.45) is 1.69. The Morgan fingerprint density at radius 3 is 2.78 bits per heavy atom. The van der Waals surface area contributed by atoms with Crippen LogP contribution in [0.1, 0.15) is 19.8 Å². The van der Waals surface area contributed by atoms with Crippen molar-refractivity contribution in [3.8, 4) is 0 Å². The largest absolute Gasteiger partial charge is 0.395 e. The molecule has 0 fully saturated rings. The maximum absolute atomic E-state index is 11.2. The van der Waals surface area contributed by atoms with E-state index in [1.807, 2.05) is 6.92 Å². The molecule has 2 unspecified atom stereocenters. The molecular weight excluding hydrogens is 256 g/mol. The topological polar surface area (TPSA) is 114 Å². The van der Waals surface area contributed by atoms with Gasteiger partial charge in [0.05, 0.1) is 11.9 Å². The lowest BCUT2D eigenvalue weighted by molar-refractivity contribution is 0.279. The molecule has 4 N–H and O–H groups in total. The third-order valence-corrected chi connectivity index (χ3v) is 3.86. The first kappa shape index (κ1) is 14.9. The number of H-pyrrole nitrogens is 1. The first-order valence-electron chi connectivity index (χ1n) is 5.70. The average Bonchev–Trinajstić information content (AvgIpc) is 2.32. The van der Waals surface area contributed by atoms with Crippen molar-refractivity contribution in [3.63, 3.8) is 0 Å². The van der Waals surface area contributed by atoms with Gasteiger partial charge in [0.25, 0.3) is 0 Å². The molecule has 7 nitrogen and oxygen atoms in total. The molecule has 0 saturated heterocycles. The normalized spacial score (nSPS) is 14.4.